The fourth-order valence-corrected chi connectivity index (χ4v) is 5.66. The Morgan fingerprint density at radius 3 is 2.50 bits per heavy atom. The van der Waals surface area contributed by atoms with Gasteiger partial charge in [0.05, 0.1) is 17.4 Å². The molecule has 2 saturated heterocycles. The lowest BCUT2D eigenvalue weighted by Crippen LogP contribution is -2.64. The van der Waals surface area contributed by atoms with E-state index in [0.29, 0.717) is 5.57 Å². The molecule has 0 aromatic heterocycles. The molecule has 4 rings (SSSR count). The summed E-state index contributed by atoms with van der Waals surface area (Å²) in [6.07, 6.45) is -1.68. The van der Waals surface area contributed by atoms with Gasteiger partial charge in [-0.2, -0.15) is 0 Å². The first kappa shape index (κ1) is 19.8. The number of hydrogen-bond acceptors (Lipinski definition) is 8. The van der Waals surface area contributed by atoms with Crippen LogP contribution in [-0.2, 0) is 23.8 Å². The molecule has 2 aliphatic heterocycles. The van der Waals surface area contributed by atoms with Crippen molar-refractivity contribution in [3.63, 3.8) is 0 Å². The van der Waals surface area contributed by atoms with Gasteiger partial charge in [-0.25, -0.2) is 4.79 Å². The fraction of sp³-hybridized carbons (Fsp3) is 0.800. The van der Waals surface area contributed by atoms with Crippen LogP contribution < -0.4 is 0 Å². The van der Waals surface area contributed by atoms with Gasteiger partial charge in [-0.05, 0) is 27.7 Å². The Balaban J connectivity index is 1.80. The molecule has 10 atom stereocenters. The van der Waals surface area contributed by atoms with Crippen LogP contribution in [0, 0.1) is 17.8 Å². The largest absolute Gasteiger partial charge is 0.461 e. The first-order valence-corrected chi connectivity index (χ1v) is 9.75. The van der Waals surface area contributed by atoms with Crippen LogP contribution in [0.5, 0.6) is 0 Å². The second-order valence-corrected chi connectivity index (χ2v) is 9.17. The van der Waals surface area contributed by atoms with Crippen LogP contribution in [0.3, 0.4) is 0 Å². The van der Waals surface area contributed by atoms with Crippen molar-refractivity contribution in [1.29, 1.82) is 0 Å². The van der Waals surface area contributed by atoms with E-state index in [-0.39, 0.29) is 6.42 Å². The minimum atomic E-state index is -1.84. The second-order valence-electron chi connectivity index (χ2n) is 9.17. The number of hydrogen-bond donors (Lipinski definition) is 3. The average molecular weight is 396 g/mol. The van der Waals surface area contributed by atoms with Crippen molar-refractivity contribution in [3.8, 4) is 0 Å². The highest BCUT2D eigenvalue weighted by atomic mass is 16.6. The molecule has 3 N–H and O–H groups in total. The maximum atomic E-state index is 12.4. The normalized spacial score (nSPS) is 54.9. The predicted octanol–water partition coefficient (Wildman–Crippen LogP) is 0.0761. The third-order valence-corrected chi connectivity index (χ3v) is 7.42. The summed E-state index contributed by atoms with van der Waals surface area (Å²) in [6, 6.07) is 0. The molecule has 8 heteroatoms. The van der Waals surface area contributed by atoms with Gasteiger partial charge in [0.25, 0.3) is 0 Å². The molecule has 0 aromatic rings. The summed E-state index contributed by atoms with van der Waals surface area (Å²) < 4.78 is 16.8. The maximum Gasteiger partial charge on any atom is 0.333 e. The van der Waals surface area contributed by atoms with Gasteiger partial charge >= 0.3 is 11.9 Å². The molecule has 2 aliphatic carbocycles. The van der Waals surface area contributed by atoms with Gasteiger partial charge in [0, 0.05) is 17.9 Å². The number of ether oxygens (including phenoxy) is 3. The average Bonchev–Trinajstić information content (AvgIpc) is 3.33. The number of allylic oxidation sites excluding steroid dienone is 1. The quantitative estimate of drug-likeness (QED) is 0.340. The Morgan fingerprint density at radius 1 is 1.25 bits per heavy atom. The van der Waals surface area contributed by atoms with E-state index in [4.69, 9.17) is 14.2 Å². The number of carbonyl (C=O) groups excluding carboxylic acids is 2. The van der Waals surface area contributed by atoms with Crippen molar-refractivity contribution < 1.29 is 39.1 Å². The van der Waals surface area contributed by atoms with Gasteiger partial charge in [0.1, 0.15) is 35.6 Å². The minimum Gasteiger partial charge on any atom is -0.461 e. The lowest BCUT2D eigenvalue weighted by molar-refractivity contribution is -0.231. The minimum absolute atomic E-state index is 0.104. The summed E-state index contributed by atoms with van der Waals surface area (Å²) in [6.45, 7) is 7.99. The Bertz CT molecular complexity index is 755. The van der Waals surface area contributed by atoms with E-state index in [9.17, 15) is 24.9 Å². The molecular formula is C20H28O8. The van der Waals surface area contributed by atoms with Gasteiger partial charge in [-0.15, -0.1) is 0 Å². The SMILES string of the molecule is CC=C(C)C(=O)OC1CC(C)(O)C2(O)C3OC3C(C)(O)C2C2OC(=O)C(C)C12. The summed E-state index contributed by atoms with van der Waals surface area (Å²) >= 11 is 0. The molecule has 156 valence electrons. The van der Waals surface area contributed by atoms with Crippen LogP contribution in [0.15, 0.2) is 11.6 Å². The van der Waals surface area contributed by atoms with Crippen molar-refractivity contribution in [2.45, 2.75) is 82.3 Å². The summed E-state index contributed by atoms with van der Waals surface area (Å²) in [5.74, 6) is -3.21. The zero-order valence-electron chi connectivity index (χ0n) is 16.7. The van der Waals surface area contributed by atoms with E-state index in [1.54, 1.807) is 26.8 Å². The lowest BCUT2D eigenvalue weighted by Gasteiger charge is -2.46. The third kappa shape index (κ3) is 2.32. The van der Waals surface area contributed by atoms with Crippen molar-refractivity contribution in [2.24, 2.45) is 17.8 Å². The van der Waals surface area contributed by atoms with Gasteiger partial charge in [-0.1, -0.05) is 13.0 Å². The van der Waals surface area contributed by atoms with Crippen LogP contribution in [0.2, 0.25) is 0 Å². The van der Waals surface area contributed by atoms with Crippen molar-refractivity contribution in [1.82, 2.24) is 0 Å². The van der Waals surface area contributed by atoms with Crippen molar-refractivity contribution in [3.05, 3.63) is 11.6 Å². The molecule has 0 spiro atoms. The molecule has 0 bridgehead atoms. The van der Waals surface area contributed by atoms with Crippen molar-refractivity contribution in [2.75, 3.05) is 0 Å². The zero-order chi connectivity index (χ0) is 20.8. The predicted molar refractivity (Wildman–Crippen MR) is 94.8 cm³/mol. The lowest BCUT2D eigenvalue weighted by atomic mass is 9.70. The van der Waals surface area contributed by atoms with Gasteiger partial charge < -0.3 is 29.5 Å². The molecule has 8 nitrogen and oxygen atoms in total. The smallest absolute Gasteiger partial charge is 0.333 e. The molecule has 4 aliphatic rings. The van der Waals surface area contributed by atoms with Crippen LogP contribution in [0.25, 0.3) is 0 Å². The van der Waals surface area contributed by atoms with Crippen LogP contribution in [0.4, 0.5) is 0 Å². The summed E-state index contributed by atoms with van der Waals surface area (Å²) in [5.41, 5.74) is -4.68. The van der Waals surface area contributed by atoms with E-state index < -0.39 is 70.9 Å². The summed E-state index contributed by atoms with van der Waals surface area (Å²) in [4.78, 5) is 24.8. The number of esters is 2. The monoisotopic (exact) mass is 396 g/mol. The number of epoxide rings is 1. The molecule has 10 unspecified atom stereocenters. The highest BCUT2D eigenvalue weighted by Gasteiger charge is 2.83. The van der Waals surface area contributed by atoms with E-state index in [2.05, 4.69) is 0 Å². The van der Waals surface area contributed by atoms with Gasteiger partial charge in [0.2, 0.25) is 0 Å². The second kappa shape index (κ2) is 5.78. The number of rotatable bonds is 2. The van der Waals surface area contributed by atoms with E-state index in [1.807, 2.05) is 0 Å². The third-order valence-electron chi connectivity index (χ3n) is 7.42. The Labute approximate surface area is 163 Å². The first-order valence-electron chi connectivity index (χ1n) is 9.75. The maximum absolute atomic E-state index is 12.4. The molecule has 4 fully saturated rings. The van der Waals surface area contributed by atoms with Gasteiger partial charge in [0.15, 0.2) is 0 Å². The molecule has 0 amide bonds. The molecule has 0 aromatic carbocycles. The van der Waals surface area contributed by atoms with Gasteiger partial charge in [-0.3, -0.25) is 4.79 Å². The van der Waals surface area contributed by atoms with E-state index in [1.165, 1.54) is 13.8 Å². The topological polar surface area (TPSA) is 126 Å². The van der Waals surface area contributed by atoms with Crippen molar-refractivity contribution >= 4 is 11.9 Å². The standard InChI is InChI=1S/C20H28O8/c1-6-8(2)16(21)26-10-7-18(4,23)20(25)13(19(5,24)14-15(20)28-14)12-11(10)9(3)17(22)27-12/h6,9-15,23-25H,7H2,1-5H3. The molecule has 28 heavy (non-hydrogen) atoms. The van der Waals surface area contributed by atoms with Crippen LogP contribution in [0.1, 0.15) is 41.0 Å². The number of fused-ring (bicyclic) bond motifs is 5. The Kier molecular flexibility index (Phi) is 4.09. The summed E-state index contributed by atoms with van der Waals surface area (Å²) in [5, 5.41) is 34.1. The molecule has 2 saturated carbocycles. The Hall–Kier alpha value is -1.48. The van der Waals surface area contributed by atoms with E-state index in [0.717, 1.165) is 0 Å². The van der Waals surface area contributed by atoms with Crippen LogP contribution >= 0.6 is 0 Å². The Morgan fingerprint density at radius 2 is 1.89 bits per heavy atom. The summed E-state index contributed by atoms with van der Waals surface area (Å²) in [7, 11) is 0. The zero-order valence-corrected chi connectivity index (χ0v) is 16.7. The molecule has 2 heterocycles. The molecular weight excluding hydrogens is 368 g/mol. The van der Waals surface area contributed by atoms with Crippen LogP contribution in [-0.4, -0.2) is 68.5 Å². The molecule has 0 radical (unpaired) electrons. The highest BCUT2D eigenvalue weighted by molar-refractivity contribution is 5.87. The fourth-order valence-electron chi connectivity index (χ4n) is 5.66. The number of aliphatic hydroxyl groups is 3. The number of carbonyl (C=O) groups is 2. The first-order chi connectivity index (χ1) is 12.9. The highest BCUT2D eigenvalue weighted by Crippen LogP contribution is 2.64. The van der Waals surface area contributed by atoms with E-state index >= 15 is 0 Å².